The van der Waals surface area contributed by atoms with Crippen LogP contribution in [0.1, 0.15) is 11.1 Å². The smallest absolute Gasteiger partial charge is 0.0677 e. The van der Waals surface area contributed by atoms with Crippen molar-refractivity contribution in [3.05, 3.63) is 34.3 Å². The highest BCUT2D eigenvalue weighted by Gasteiger charge is 2.35. The summed E-state index contributed by atoms with van der Waals surface area (Å²) in [5.74, 6) is 0. The Balaban J connectivity index is 0.000000980. The standard InChI is InChI=1S/C10H13ClN2.ClH/c1-7-2-3-9(11)8(4-7)10(12)5-13-6-10;/h2-4,13H,5-6,12H2,1H3;1H. The van der Waals surface area contributed by atoms with E-state index in [2.05, 4.69) is 18.3 Å². The van der Waals surface area contributed by atoms with Crippen LogP contribution >= 0.6 is 24.0 Å². The first-order chi connectivity index (χ1) is 6.12. The second-order valence-electron chi connectivity index (χ2n) is 3.74. The van der Waals surface area contributed by atoms with Crippen molar-refractivity contribution in [3.8, 4) is 0 Å². The van der Waals surface area contributed by atoms with Crippen LogP contribution in [0.25, 0.3) is 0 Å². The summed E-state index contributed by atoms with van der Waals surface area (Å²) in [5.41, 5.74) is 8.17. The Morgan fingerprint density at radius 3 is 2.57 bits per heavy atom. The maximum atomic E-state index is 6.15. The third kappa shape index (κ3) is 1.89. The van der Waals surface area contributed by atoms with E-state index in [1.165, 1.54) is 5.56 Å². The first kappa shape index (κ1) is 11.8. The van der Waals surface area contributed by atoms with Gasteiger partial charge < -0.3 is 11.1 Å². The molecule has 3 N–H and O–H groups in total. The largest absolute Gasteiger partial charge is 0.319 e. The Kier molecular flexibility index (Phi) is 3.43. The quantitative estimate of drug-likeness (QED) is 0.776. The molecule has 0 aliphatic carbocycles. The van der Waals surface area contributed by atoms with Crippen LogP contribution in [0, 0.1) is 6.92 Å². The molecule has 0 atom stereocenters. The molecule has 0 saturated carbocycles. The third-order valence-corrected chi connectivity index (χ3v) is 2.87. The fourth-order valence-corrected chi connectivity index (χ4v) is 1.91. The maximum absolute atomic E-state index is 6.15. The maximum Gasteiger partial charge on any atom is 0.0677 e. The average Bonchev–Trinajstić information content (AvgIpc) is 2.05. The van der Waals surface area contributed by atoms with Gasteiger partial charge in [-0.15, -0.1) is 12.4 Å². The van der Waals surface area contributed by atoms with Crippen LogP contribution in [0.3, 0.4) is 0 Å². The fraction of sp³-hybridized carbons (Fsp3) is 0.400. The molecule has 0 amide bonds. The summed E-state index contributed by atoms with van der Waals surface area (Å²) in [7, 11) is 0. The number of benzene rings is 1. The van der Waals surface area contributed by atoms with Crippen molar-refractivity contribution in [2.75, 3.05) is 13.1 Å². The lowest BCUT2D eigenvalue weighted by Gasteiger charge is -2.40. The van der Waals surface area contributed by atoms with Crippen molar-refractivity contribution in [1.29, 1.82) is 0 Å². The van der Waals surface area contributed by atoms with E-state index in [1.807, 2.05) is 12.1 Å². The van der Waals surface area contributed by atoms with Gasteiger partial charge in [0, 0.05) is 18.1 Å². The molecule has 1 fully saturated rings. The van der Waals surface area contributed by atoms with Gasteiger partial charge in [-0.05, 0) is 18.6 Å². The minimum Gasteiger partial charge on any atom is -0.319 e. The molecule has 4 heteroatoms. The Hall–Kier alpha value is -0.280. The molecule has 0 unspecified atom stereocenters. The molecule has 1 aliphatic rings. The van der Waals surface area contributed by atoms with Crippen molar-refractivity contribution < 1.29 is 0 Å². The number of hydrogen-bond donors (Lipinski definition) is 2. The summed E-state index contributed by atoms with van der Waals surface area (Å²) in [6.07, 6.45) is 0. The van der Waals surface area contributed by atoms with E-state index in [0.717, 1.165) is 23.7 Å². The molecule has 78 valence electrons. The molecule has 14 heavy (non-hydrogen) atoms. The summed E-state index contributed by atoms with van der Waals surface area (Å²) >= 11 is 6.09. The minimum atomic E-state index is -0.247. The molecule has 0 bridgehead atoms. The second-order valence-corrected chi connectivity index (χ2v) is 4.15. The molecule has 1 aliphatic heterocycles. The predicted octanol–water partition coefficient (Wildman–Crippen LogP) is 1.83. The molecule has 2 rings (SSSR count). The first-order valence-electron chi connectivity index (χ1n) is 4.38. The number of nitrogens with one attached hydrogen (secondary N) is 1. The van der Waals surface area contributed by atoms with Gasteiger partial charge in [0.2, 0.25) is 0 Å². The molecule has 1 heterocycles. The summed E-state index contributed by atoms with van der Waals surface area (Å²) in [6, 6.07) is 5.99. The molecule has 1 saturated heterocycles. The van der Waals surface area contributed by atoms with Crippen molar-refractivity contribution in [2.45, 2.75) is 12.5 Å². The van der Waals surface area contributed by atoms with Gasteiger partial charge >= 0.3 is 0 Å². The predicted molar refractivity (Wildman–Crippen MR) is 62.2 cm³/mol. The van der Waals surface area contributed by atoms with Crippen molar-refractivity contribution in [1.82, 2.24) is 5.32 Å². The second kappa shape index (κ2) is 4.07. The molecular weight excluding hydrogens is 219 g/mol. The van der Waals surface area contributed by atoms with Crippen LogP contribution in [-0.4, -0.2) is 13.1 Å². The van der Waals surface area contributed by atoms with E-state index in [-0.39, 0.29) is 17.9 Å². The highest BCUT2D eigenvalue weighted by atomic mass is 35.5. The molecule has 1 aromatic carbocycles. The highest BCUT2D eigenvalue weighted by molar-refractivity contribution is 6.31. The number of hydrogen-bond acceptors (Lipinski definition) is 2. The highest BCUT2D eigenvalue weighted by Crippen LogP contribution is 2.29. The van der Waals surface area contributed by atoms with Crippen LogP contribution < -0.4 is 11.1 Å². The SMILES string of the molecule is Cc1ccc(Cl)c(C2(N)CNC2)c1.Cl. The lowest BCUT2D eigenvalue weighted by atomic mass is 9.85. The van der Waals surface area contributed by atoms with E-state index in [0.29, 0.717) is 0 Å². The van der Waals surface area contributed by atoms with Crippen molar-refractivity contribution in [2.24, 2.45) is 5.73 Å². The van der Waals surface area contributed by atoms with E-state index in [1.54, 1.807) is 0 Å². The topological polar surface area (TPSA) is 38.0 Å². The minimum absolute atomic E-state index is 0. The zero-order valence-electron chi connectivity index (χ0n) is 8.01. The van der Waals surface area contributed by atoms with E-state index >= 15 is 0 Å². The van der Waals surface area contributed by atoms with Crippen LogP contribution in [0.15, 0.2) is 18.2 Å². The molecule has 0 aromatic heterocycles. The van der Waals surface area contributed by atoms with E-state index in [9.17, 15) is 0 Å². The van der Waals surface area contributed by atoms with E-state index < -0.39 is 0 Å². The van der Waals surface area contributed by atoms with Crippen molar-refractivity contribution >= 4 is 24.0 Å². The van der Waals surface area contributed by atoms with Gasteiger partial charge in [0.25, 0.3) is 0 Å². The molecule has 0 radical (unpaired) electrons. The monoisotopic (exact) mass is 232 g/mol. The summed E-state index contributed by atoms with van der Waals surface area (Å²) < 4.78 is 0. The van der Waals surface area contributed by atoms with E-state index in [4.69, 9.17) is 17.3 Å². The van der Waals surface area contributed by atoms with Crippen molar-refractivity contribution in [3.63, 3.8) is 0 Å². The zero-order valence-corrected chi connectivity index (χ0v) is 9.58. The number of aryl methyl sites for hydroxylation is 1. The van der Waals surface area contributed by atoms with Crippen LogP contribution in [-0.2, 0) is 5.54 Å². The van der Waals surface area contributed by atoms with Gasteiger partial charge in [-0.2, -0.15) is 0 Å². The van der Waals surface area contributed by atoms with Gasteiger partial charge in [-0.1, -0.05) is 29.3 Å². The summed E-state index contributed by atoms with van der Waals surface area (Å²) in [6.45, 7) is 3.68. The molecular formula is C10H14Cl2N2. The van der Waals surface area contributed by atoms with Crippen LogP contribution in [0.4, 0.5) is 0 Å². The average molecular weight is 233 g/mol. The number of nitrogens with two attached hydrogens (primary N) is 1. The van der Waals surface area contributed by atoms with Gasteiger partial charge in [-0.3, -0.25) is 0 Å². The molecule has 1 aromatic rings. The summed E-state index contributed by atoms with van der Waals surface area (Å²) in [5, 5.41) is 3.94. The normalized spacial score (nSPS) is 18.2. The fourth-order valence-electron chi connectivity index (χ4n) is 1.61. The van der Waals surface area contributed by atoms with Crippen LogP contribution in [0.2, 0.25) is 5.02 Å². The van der Waals surface area contributed by atoms with Gasteiger partial charge in [-0.25, -0.2) is 0 Å². The third-order valence-electron chi connectivity index (χ3n) is 2.54. The molecule has 0 spiro atoms. The number of rotatable bonds is 1. The van der Waals surface area contributed by atoms with Gasteiger partial charge in [0.05, 0.1) is 5.54 Å². The van der Waals surface area contributed by atoms with Gasteiger partial charge in [0.15, 0.2) is 0 Å². The number of halogens is 2. The summed E-state index contributed by atoms with van der Waals surface area (Å²) in [4.78, 5) is 0. The van der Waals surface area contributed by atoms with Crippen LogP contribution in [0.5, 0.6) is 0 Å². The zero-order chi connectivity index (χ0) is 9.47. The Morgan fingerprint density at radius 1 is 1.43 bits per heavy atom. The first-order valence-corrected chi connectivity index (χ1v) is 4.76. The Labute approximate surface area is 95.2 Å². The Bertz CT molecular complexity index is 335. The lowest BCUT2D eigenvalue weighted by Crippen LogP contribution is -2.62. The lowest BCUT2D eigenvalue weighted by molar-refractivity contribution is 0.287. The Morgan fingerprint density at radius 2 is 2.07 bits per heavy atom. The van der Waals surface area contributed by atoms with Gasteiger partial charge in [0.1, 0.15) is 0 Å². The molecule has 2 nitrogen and oxygen atoms in total.